The zero-order chi connectivity index (χ0) is 15.8. The highest BCUT2D eigenvalue weighted by atomic mass is 16.5. The fraction of sp³-hybridized carbons (Fsp3) is 0.611. The molecule has 1 fully saturated rings. The molecule has 1 aromatic rings. The molecule has 1 N–H and O–H groups in total. The molecule has 0 saturated carbocycles. The van der Waals surface area contributed by atoms with Crippen LogP contribution < -0.4 is 10.1 Å². The average molecular weight is 304 g/mol. The molecule has 0 spiro atoms. The second-order valence-electron chi connectivity index (χ2n) is 5.88. The lowest BCUT2D eigenvalue weighted by Gasteiger charge is -2.34. The molecule has 0 aromatic heterocycles. The number of carbonyl (C=O) groups is 1. The molecule has 4 nitrogen and oxygen atoms in total. The molecule has 2 rings (SSSR count). The van der Waals surface area contributed by atoms with Gasteiger partial charge in [0.05, 0.1) is 7.11 Å². The number of hydrogen-bond donors (Lipinski definition) is 1. The molecule has 0 unspecified atom stereocenters. The van der Waals surface area contributed by atoms with Crippen molar-refractivity contribution in [2.45, 2.75) is 45.1 Å². The van der Waals surface area contributed by atoms with Gasteiger partial charge in [-0.2, -0.15) is 0 Å². The average Bonchev–Trinajstić information content (AvgIpc) is 2.58. The summed E-state index contributed by atoms with van der Waals surface area (Å²) in [5.74, 6) is 1.15. The molecular formula is C18H28N2O2. The number of ether oxygens (including phenoxy) is 1. The summed E-state index contributed by atoms with van der Waals surface area (Å²) >= 11 is 0. The molecule has 0 atom stereocenters. The van der Waals surface area contributed by atoms with Crippen LogP contribution in [0.25, 0.3) is 0 Å². The standard InChI is InChI=1S/C18H28N2O2/c1-3-14-20(16-10-12-19-13-11-16)18(21)9-8-15-6-4-5-7-17(15)22-2/h4-7,16,19H,3,8-14H2,1-2H3. The number of rotatable bonds is 7. The lowest BCUT2D eigenvalue weighted by Crippen LogP contribution is -2.46. The third-order valence-electron chi connectivity index (χ3n) is 4.34. The van der Waals surface area contributed by atoms with Gasteiger partial charge in [0.25, 0.3) is 0 Å². The maximum atomic E-state index is 12.7. The van der Waals surface area contributed by atoms with Gasteiger partial charge in [0.1, 0.15) is 5.75 Å². The summed E-state index contributed by atoms with van der Waals surface area (Å²) < 4.78 is 5.37. The third-order valence-corrected chi connectivity index (χ3v) is 4.34. The molecule has 0 aliphatic carbocycles. The van der Waals surface area contributed by atoms with Gasteiger partial charge < -0.3 is 15.0 Å². The van der Waals surface area contributed by atoms with Gasteiger partial charge in [-0.3, -0.25) is 4.79 Å². The summed E-state index contributed by atoms with van der Waals surface area (Å²) in [5, 5.41) is 3.37. The number of carbonyl (C=O) groups excluding carboxylic acids is 1. The molecule has 22 heavy (non-hydrogen) atoms. The van der Waals surface area contributed by atoms with Crippen molar-refractivity contribution in [1.82, 2.24) is 10.2 Å². The molecule has 1 aromatic carbocycles. The Balaban J connectivity index is 1.95. The Morgan fingerprint density at radius 3 is 2.73 bits per heavy atom. The van der Waals surface area contributed by atoms with Gasteiger partial charge in [0.15, 0.2) is 0 Å². The second-order valence-corrected chi connectivity index (χ2v) is 5.88. The minimum atomic E-state index is 0.277. The number of para-hydroxylation sites is 1. The van der Waals surface area contributed by atoms with Crippen LogP contribution in [-0.2, 0) is 11.2 Å². The lowest BCUT2D eigenvalue weighted by molar-refractivity contribution is -0.134. The van der Waals surface area contributed by atoms with E-state index in [0.717, 1.165) is 56.6 Å². The Hall–Kier alpha value is -1.55. The van der Waals surface area contributed by atoms with Gasteiger partial charge in [-0.1, -0.05) is 25.1 Å². The SMILES string of the molecule is CCCN(C(=O)CCc1ccccc1OC)C1CCNCC1. The van der Waals surface area contributed by atoms with Gasteiger partial charge in [-0.05, 0) is 50.4 Å². The summed E-state index contributed by atoms with van der Waals surface area (Å²) in [6.07, 6.45) is 4.46. The van der Waals surface area contributed by atoms with E-state index in [0.29, 0.717) is 12.5 Å². The first kappa shape index (κ1) is 16.8. The van der Waals surface area contributed by atoms with Crippen LogP contribution in [0.15, 0.2) is 24.3 Å². The Morgan fingerprint density at radius 2 is 2.05 bits per heavy atom. The maximum Gasteiger partial charge on any atom is 0.223 e. The van der Waals surface area contributed by atoms with Crippen LogP contribution in [-0.4, -0.2) is 43.6 Å². The zero-order valence-electron chi connectivity index (χ0n) is 13.8. The molecule has 0 radical (unpaired) electrons. The number of nitrogens with zero attached hydrogens (tertiary/aromatic N) is 1. The van der Waals surface area contributed by atoms with E-state index in [2.05, 4.69) is 17.1 Å². The van der Waals surface area contributed by atoms with E-state index < -0.39 is 0 Å². The number of benzene rings is 1. The summed E-state index contributed by atoms with van der Waals surface area (Å²) in [4.78, 5) is 14.8. The van der Waals surface area contributed by atoms with Crippen LogP contribution in [0.5, 0.6) is 5.75 Å². The van der Waals surface area contributed by atoms with E-state index in [9.17, 15) is 4.79 Å². The van der Waals surface area contributed by atoms with Crippen LogP contribution in [0.1, 0.15) is 38.2 Å². The largest absolute Gasteiger partial charge is 0.496 e. The Bertz CT molecular complexity index is 470. The van der Waals surface area contributed by atoms with Crippen molar-refractivity contribution in [2.24, 2.45) is 0 Å². The van der Waals surface area contributed by atoms with Crippen LogP contribution >= 0.6 is 0 Å². The first-order chi connectivity index (χ1) is 10.8. The molecule has 1 aliphatic heterocycles. The first-order valence-corrected chi connectivity index (χ1v) is 8.38. The molecule has 1 heterocycles. The number of piperidine rings is 1. The van der Waals surface area contributed by atoms with E-state index in [1.165, 1.54) is 0 Å². The van der Waals surface area contributed by atoms with E-state index in [4.69, 9.17) is 4.74 Å². The molecule has 1 saturated heterocycles. The van der Waals surface area contributed by atoms with Crippen molar-refractivity contribution in [3.8, 4) is 5.75 Å². The van der Waals surface area contributed by atoms with Crippen LogP contribution in [0.3, 0.4) is 0 Å². The topological polar surface area (TPSA) is 41.6 Å². The summed E-state index contributed by atoms with van der Waals surface area (Å²) in [5.41, 5.74) is 1.11. The maximum absolute atomic E-state index is 12.7. The van der Waals surface area contributed by atoms with Gasteiger partial charge in [-0.25, -0.2) is 0 Å². The van der Waals surface area contributed by atoms with Crippen molar-refractivity contribution in [2.75, 3.05) is 26.7 Å². The highest BCUT2D eigenvalue weighted by Crippen LogP contribution is 2.20. The monoisotopic (exact) mass is 304 g/mol. The van der Waals surface area contributed by atoms with Crippen molar-refractivity contribution < 1.29 is 9.53 Å². The number of hydrogen-bond acceptors (Lipinski definition) is 3. The molecule has 122 valence electrons. The number of methoxy groups -OCH3 is 1. The number of aryl methyl sites for hydroxylation is 1. The fourth-order valence-corrected chi connectivity index (χ4v) is 3.16. The van der Waals surface area contributed by atoms with Crippen molar-refractivity contribution in [1.29, 1.82) is 0 Å². The van der Waals surface area contributed by atoms with E-state index in [-0.39, 0.29) is 5.91 Å². The van der Waals surface area contributed by atoms with Gasteiger partial charge in [0, 0.05) is 19.0 Å². The minimum Gasteiger partial charge on any atom is -0.496 e. The predicted molar refractivity (Wildman–Crippen MR) is 89.2 cm³/mol. The first-order valence-electron chi connectivity index (χ1n) is 8.38. The summed E-state index contributed by atoms with van der Waals surface area (Å²) in [6.45, 7) is 5.05. The Labute approximate surface area is 133 Å². The molecule has 0 bridgehead atoms. The minimum absolute atomic E-state index is 0.277. The van der Waals surface area contributed by atoms with Crippen molar-refractivity contribution >= 4 is 5.91 Å². The van der Waals surface area contributed by atoms with Crippen LogP contribution in [0.4, 0.5) is 0 Å². The van der Waals surface area contributed by atoms with E-state index in [1.54, 1.807) is 7.11 Å². The van der Waals surface area contributed by atoms with E-state index in [1.807, 2.05) is 24.3 Å². The van der Waals surface area contributed by atoms with Crippen molar-refractivity contribution in [3.63, 3.8) is 0 Å². The van der Waals surface area contributed by atoms with Gasteiger partial charge in [-0.15, -0.1) is 0 Å². The zero-order valence-corrected chi connectivity index (χ0v) is 13.8. The number of amides is 1. The van der Waals surface area contributed by atoms with Crippen LogP contribution in [0, 0.1) is 0 Å². The predicted octanol–water partition coefficient (Wildman–Crippen LogP) is 2.62. The normalized spacial score (nSPS) is 15.5. The van der Waals surface area contributed by atoms with Gasteiger partial charge >= 0.3 is 0 Å². The van der Waals surface area contributed by atoms with Crippen LogP contribution in [0.2, 0.25) is 0 Å². The fourth-order valence-electron chi connectivity index (χ4n) is 3.16. The molecule has 1 aliphatic rings. The van der Waals surface area contributed by atoms with Crippen molar-refractivity contribution in [3.05, 3.63) is 29.8 Å². The third kappa shape index (κ3) is 4.47. The lowest BCUT2D eigenvalue weighted by atomic mass is 10.0. The quantitative estimate of drug-likeness (QED) is 0.842. The highest BCUT2D eigenvalue weighted by Gasteiger charge is 2.24. The summed E-state index contributed by atoms with van der Waals surface area (Å²) in [6, 6.07) is 8.37. The van der Waals surface area contributed by atoms with Gasteiger partial charge in [0.2, 0.25) is 5.91 Å². The molecule has 4 heteroatoms. The Morgan fingerprint density at radius 1 is 1.32 bits per heavy atom. The Kier molecular flexibility index (Phi) is 6.72. The highest BCUT2D eigenvalue weighted by molar-refractivity contribution is 5.77. The summed E-state index contributed by atoms with van der Waals surface area (Å²) in [7, 11) is 1.68. The molecular weight excluding hydrogens is 276 g/mol. The number of nitrogens with one attached hydrogen (secondary N) is 1. The smallest absolute Gasteiger partial charge is 0.223 e. The second kappa shape index (κ2) is 8.79. The van der Waals surface area contributed by atoms with E-state index >= 15 is 0 Å². The molecule has 1 amide bonds.